The van der Waals surface area contributed by atoms with Gasteiger partial charge in [0.25, 0.3) is 0 Å². The number of urea groups is 1. The van der Waals surface area contributed by atoms with E-state index < -0.39 is 0 Å². The molecule has 1 aromatic carbocycles. The smallest absolute Gasteiger partial charge is 0.319 e. The highest BCUT2D eigenvalue weighted by Crippen LogP contribution is 2.24. The molecule has 1 rings (SSSR count). The Kier molecular flexibility index (Phi) is 16.6. The molecule has 0 aliphatic carbocycles. The fourth-order valence-corrected chi connectivity index (χ4v) is 4.09. The minimum Gasteiger partial charge on any atom is -0.338 e. The summed E-state index contributed by atoms with van der Waals surface area (Å²) >= 11 is 6.14. The maximum atomic E-state index is 12.0. The van der Waals surface area contributed by atoms with Crippen LogP contribution in [0.2, 0.25) is 5.02 Å². The molecule has 0 saturated heterocycles. The van der Waals surface area contributed by atoms with Crippen LogP contribution in [0.3, 0.4) is 0 Å². The molecule has 0 spiro atoms. The molecule has 0 saturated carbocycles. The van der Waals surface area contributed by atoms with Crippen LogP contribution in [0.15, 0.2) is 18.2 Å². The maximum absolute atomic E-state index is 12.0. The first-order chi connectivity index (χ1) is 14.6. The van der Waals surface area contributed by atoms with Crippen LogP contribution in [0.1, 0.15) is 115 Å². The lowest BCUT2D eigenvalue weighted by atomic mass is 10.0. The van der Waals surface area contributed by atoms with Crippen LogP contribution in [0.5, 0.6) is 0 Å². The van der Waals surface area contributed by atoms with Crippen molar-refractivity contribution in [3.8, 4) is 0 Å². The van der Waals surface area contributed by atoms with Crippen molar-refractivity contribution in [1.82, 2.24) is 5.32 Å². The van der Waals surface area contributed by atoms with Crippen molar-refractivity contribution in [2.45, 2.75) is 117 Å². The quantitative estimate of drug-likeness (QED) is 0.221. The predicted molar refractivity (Wildman–Crippen MR) is 133 cm³/mol. The molecule has 0 aliphatic heterocycles. The fraction of sp³-hybridized carbons (Fsp3) is 0.731. The molecule has 172 valence electrons. The highest BCUT2D eigenvalue weighted by atomic mass is 35.5. The summed E-state index contributed by atoms with van der Waals surface area (Å²) < 4.78 is 0. The third kappa shape index (κ3) is 13.9. The molecule has 0 bridgehead atoms. The summed E-state index contributed by atoms with van der Waals surface area (Å²) in [4.78, 5) is 12.0. The molecule has 0 aromatic heterocycles. The van der Waals surface area contributed by atoms with Gasteiger partial charge in [-0.25, -0.2) is 4.79 Å². The van der Waals surface area contributed by atoms with Gasteiger partial charge in [-0.2, -0.15) is 0 Å². The van der Waals surface area contributed by atoms with E-state index in [0.29, 0.717) is 17.3 Å². The Bertz CT molecular complexity index is 542. The van der Waals surface area contributed by atoms with Crippen molar-refractivity contribution in [2.75, 3.05) is 11.9 Å². The van der Waals surface area contributed by atoms with Gasteiger partial charge in [0.15, 0.2) is 0 Å². The van der Waals surface area contributed by atoms with E-state index >= 15 is 0 Å². The first-order valence-corrected chi connectivity index (χ1v) is 12.8. The van der Waals surface area contributed by atoms with Crippen molar-refractivity contribution in [3.63, 3.8) is 0 Å². The largest absolute Gasteiger partial charge is 0.338 e. The van der Waals surface area contributed by atoms with Crippen LogP contribution in [0.25, 0.3) is 0 Å². The summed E-state index contributed by atoms with van der Waals surface area (Å²) in [7, 11) is 0. The van der Waals surface area contributed by atoms with Crippen molar-refractivity contribution in [1.29, 1.82) is 0 Å². The number of carbonyl (C=O) groups is 1. The average Bonchev–Trinajstić information content (AvgIpc) is 2.73. The molecule has 0 aliphatic rings. The van der Waals surface area contributed by atoms with Gasteiger partial charge in [0.1, 0.15) is 0 Å². The molecule has 0 radical (unpaired) electrons. The third-order valence-electron chi connectivity index (χ3n) is 5.78. The van der Waals surface area contributed by atoms with Gasteiger partial charge in [-0.05, 0) is 25.0 Å². The lowest BCUT2D eigenvalue weighted by molar-refractivity contribution is 0.252. The standard InChI is InChI=1S/C26H45ClN2O/c1-3-4-5-6-7-8-9-10-11-12-13-14-15-16-17-18-22-28-26(30)29-25-23(2)20-19-21-24(25)27/h19-21H,3-18,22H2,1-2H3,(H2,28,29,30). The topological polar surface area (TPSA) is 41.1 Å². The van der Waals surface area contributed by atoms with Gasteiger partial charge in [0.2, 0.25) is 0 Å². The number of hydrogen-bond acceptors (Lipinski definition) is 1. The van der Waals surface area contributed by atoms with E-state index in [1.807, 2.05) is 19.1 Å². The molecular formula is C26H45ClN2O. The van der Waals surface area contributed by atoms with E-state index in [9.17, 15) is 4.79 Å². The monoisotopic (exact) mass is 436 g/mol. The molecule has 0 fully saturated rings. The summed E-state index contributed by atoms with van der Waals surface area (Å²) in [5.41, 5.74) is 1.67. The van der Waals surface area contributed by atoms with Crippen molar-refractivity contribution in [2.24, 2.45) is 0 Å². The number of hydrogen-bond donors (Lipinski definition) is 2. The van der Waals surface area contributed by atoms with E-state index in [1.54, 1.807) is 6.07 Å². The number of para-hydroxylation sites is 1. The molecular weight excluding hydrogens is 392 g/mol. The number of benzene rings is 1. The second-order valence-electron chi connectivity index (χ2n) is 8.62. The minimum absolute atomic E-state index is 0.174. The second-order valence-corrected chi connectivity index (χ2v) is 9.02. The zero-order valence-corrected chi connectivity index (χ0v) is 20.3. The number of rotatable bonds is 18. The lowest BCUT2D eigenvalue weighted by Crippen LogP contribution is -2.29. The Hall–Kier alpha value is -1.22. The first-order valence-electron chi connectivity index (χ1n) is 12.4. The minimum atomic E-state index is -0.174. The molecule has 3 nitrogen and oxygen atoms in total. The lowest BCUT2D eigenvalue weighted by Gasteiger charge is -2.11. The molecule has 1 aromatic rings. The molecule has 2 N–H and O–H groups in total. The number of halogens is 1. The van der Waals surface area contributed by atoms with Crippen LogP contribution in [-0.4, -0.2) is 12.6 Å². The van der Waals surface area contributed by atoms with E-state index in [-0.39, 0.29) is 6.03 Å². The van der Waals surface area contributed by atoms with Gasteiger partial charge < -0.3 is 10.6 Å². The zero-order valence-electron chi connectivity index (χ0n) is 19.5. The van der Waals surface area contributed by atoms with E-state index in [2.05, 4.69) is 17.6 Å². The molecule has 0 atom stereocenters. The molecule has 4 heteroatoms. The maximum Gasteiger partial charge on any atom is 0.319 e. The van der Waals surface area contributed by atoms with Gasteiger partial charge in [-0.15, -0.1) is 0 Å². The zero-order chi connectivity index (χ0) is 21.9. The number of carbonyl (C=O) groups excluding carboxylic acids is 1. The number of anilines is 1. The predicted octanol–water partition coefficient (Wildman–Crippen LogP) is 9.03. The number of unbranched alkanes of at least 4 members (excludes halogenated alkanes) is 15. The number of aryl methyl sites for hydroxylation is 1. The van der Waals surface area contributed by atoms with Gasteiger partial charge in [0, 0.05) is 6.54 Å². The SMILES string of the molecule is CCCCCCCCCCCCCCCCCCNC(=O)Nc1c(C)cccc1Cl. The average molecular weight is 437 g/mol. The highest BCUT2D eigenvalue weighted by molar-refractivity contribution is 6.33. The van der Waals surface area contributed by atoms with E-state index in [0.717, 1.165) is 12.0 Å². The van der Waals surface area contributed by atoms with Gasteiger partial charge in [-0.1, -0.05) is 127 Å². The molecule has 0 unspecified atom stereocenters. The second kappa shape index (κ2) is 18.5. The van der Waals surface area contributed by atoms with Crippen LogP contribution >= 0.6 is 11.6 Å². The first kappa shape index (κ1) is 26.8. The molecule has 30 heavy (non-hydrogen) atoms. The molecule has 2 amide bonds. The number of nitrogens with one attached hydrogen (secondary N) is 2. The Labute approximate surface area is 190 Å². The van der Waals surface area contributed by atoms with Crippen LogP contribution in [0, 0.1) is 6.92 Å². The summed E-state index contributed by atoms with van der Waals surface area (Å²) in [6.45, 7) is 4.94. The normalized spacial score (nSPS) is 10.9. The number of amides is 2. The summed E-state index contributed by atoms with van der Waals surface area (Å²) in [6.07, 6.45) is 21.7. The van der Waals surface area contributed by atoms with Crippen molar-refractivity contribution in [3.05, 3.63) is 28.8 Å². The van der Waals surface area contributed by atoms with Gasteiger partial charge >= 0.3 is 6.03 Å². The Balaban J connectivity index is 1.84. The van der Waals surface area contributed by atoms with E-state index in [4.69, 9.17) is 11.6 Å². The van der Waals surface area contributed by atoms with Crippen molar-refractivity contribution >= 4 is 23.3 Å². The third-order valence-corrected chi connectivity index (χ3v) is 6.09. The summed E-state index contributed by atoms with van der Waals surface area (Å²) in [6, 6.07) is 5.45. The Morgan fingerprint density at radius 3 is 1.70 bits per heavy atom. The Morgan fingerprint density at radius 2 is 1.23 bits per heavy atom. The van der Waals surface area contributed by atoms with E-state index in [1.165, 1.54) is 96.3 Å². The summed E-state index contributed by atoms with van der Waals surface area (Å²) in [5, 5.41) is 6.35. The van der Waals surface area contributed by atoms with Crippen LogP contribution < -0.4 is 10.6 Å². The fourth-order valence-electron chi connectivity index (χ4n) is 3.82. The van der Waals surface area contributed by atoms with Crippen molar-refractivity contribution < 1.29 is 4.79 Å². The molecule has 0 heterocycles. The summed E-state index contributed by atoms with van der Waals surface area (Å²) in [5.74, 6) is 0. The van der Waals surface area contributed by atoms with Gasteiger partial charge in [0.05, 0.1) is 10.7 Å². The Morgan fingerprint density at radius 1 is 0.767 bits per heavy atom. The van der Waals surface area contributed by atoms with Crippen LogP contribution in [-0.2, 0) is 0 Å². The van der Waals surface area contributed by atoms with Crippen LogP contribution in [0.4, 0.5) is 10.5 Å². The highest BCUT2D eigenvalue weighted by Gasteiger charge is 2.07. The van der Waals surface area contributed by atoms with Gasteiger partial charge in [-0.3, -0.25) is 0 Å².